The van der Waals surface area contributed by atoms with Crippen molar-refractivity contribution < 1.29 is 32.3 Å². The molecule has 0 aliphatic carbocycles. The zero-order valence-corrected chi connectivity index (χ0v) is 29.2. The van der Waals surface area contributed by atoms with Crippen LogP contribution in [-0.4, -0.2) is 71.8 Å². The minimum absolute atomic E-state index is 0.0377. The van der Waals surface area contributed by atoms with E-state index in [1.54, 1.807) is 0 Å². The summed E-state index contributed by atoms with van der Waals surface area (Å²) in [5.74, 6) is -0.808. The Kier molecular flexibility index (Phi) is 8.60. The lowest BCUT2D eigenvalue weighted by Crippen LogP contribution is -2.41. The van der Waals surface area contributed by atoms with Crippen molar-refractivity contribution in [3.05, 3.63) is 104 Å². The molecule has 6 rings (SSSR count). The smallest absolute Gasteiger partial charge is 0.332 e. The van der Waals surface area contributed by atoms with Gasteiger partial charge in [0.15, 0.2) is 0 Å². The van der Waals surface area contributed by atoms with Crippen LogP contribution in [-0.2, 0) is 18.5 Å². The van der Waals surface area contributed by atoms with Crippen molar-refractivity contribution in [2.45, 2.75) is 86.0 Å². The summed E-state index contributed by atoms with van der Waals surface area (Å²) in [6.45, 7) is 13.6. The lowest BCUT2D eigenvalue weighted by Gasteiger charge is -2.33. The third kappa shape index (κ3) is 5.43. The number of amides is 4. The molecule has 0 spiro atoms. The first-order valence-corrected chi connectivity index (χ1v) is 16.6. The number of benzene rings is 2. The van der Waals surface area contributed by atoms with Crippen LogP contribution >= 0.6 is 0 Å². The molecule has 2 aromatic heterocycles. The second-order valence-corrected chi connectivity index (χ2v) is 13.3. The van der Waals surface area contributed by atoms with Gasteiger partial charge in [0.2, 0.25) is 0 Å². The molecule has 2 aromatic carbocycles. The predicted octanol–water partition coefficient (Wildman–Crippen LogP) is 6.17. The number of aryl methyl sites for hydroxylation is 4. The molecule has 13 heteroatoms. The Labute approximate surface area is 287 Å². The van der Waals surface area contributed by atoms with Gasteiger partial charge in [-0.1, -0.05) is 12.1 Å². The Bertz CT molecular complexity index is 1950. The molecule has 0 fully saturated rings. The van der Waals surface area contributed by atoms with Crippen molar-refractivity contribution in [2.24, 2.45) is 0 Å². The maximum Gasteiger partial charge on any atom is 0.402 e. The third-order valence-corrected chi connectivity index (χ3v) is 10.5. The molecule has 4 heterocycles. The molecule has 50 heavy (non-hydrogen) atoms. The first kappa shape index (κ1) is 34.8. The number of imidazole rings is 2. The lowest BCUT2D eigenvalue weighted by atomic mass is 9.74. The zero-order chi connectivity index (χ0) is 36.4. The zero-order valence-electron chi connectivity index (χ0n) is 29.2. The SMILES string of the molecule is Cc1nc(C)n(CCCN2C(=O)c3ccc(C(C)(c4ccc5c(c4)C(=O)N(CCCn4c(C)nc(C)c4C)C5=O)C(F)(F)F)cc3C2=O)c1C. The molecule has 0 saturated carbocycles. The summed E-state index contributed by atoms with van der Waals surface area (Å²) in [5, 5.41) is 0. The number of hydrogen-bond donors (Lipinski definition) is 0. The van der Waals surface area contributed by atoms with Gasteiger partial charge in [-0.15, -0.1) is 0 Å². The molecule has 0 atom stereocenters. The molecule has 0 saturated heterocycles. The number of imide groups is 2. The van der Waals surface area contributed by atoms with Gasteiger partial charge in [0, 0.05) is 37.6 Å². The predicted molar refractivity (Wildman–Crippen MR) is 178 cm³/mol. The van der Waals surface area contributed by atoms with Crippen molar-refractivity contribution >= 4 is 23.6 Å². The summed E-state index contributed by atoms with van der Waals surface area (Å²) in [5.41, 5.74) is 0.415. The Balaban J connectivity index is 1.23. The van der Waals surface area contributed by atoms with Crippen LogP contribution in [0.5, 0.6) is 0 Å². The number of nitrogens with zero attached hydrogens (tertiary/aromatic N) is 6. The van der Waals surface area contributed by atoms with Crippen molar-refractivity contribution in [1.29, 1.82) is 0 Å². The lowest BCUT2D eigenvalue weighted by molar-refractivity contribution is -0.173. The molecule has 4 aromatic rings. The van der Waals surface area contributed by atoms with Crippen LogP contribution in [0.2, 0.25) is 0 Å². The molecule has 262 valence electrons. The van der Waals surface area contributed by atoms with Gasteiger partial charge in [0.05, 0.1) is 33.6 Å². The molecular formula is C37H39F3N6O4. The average Bonchev–Trinajstić information content (AvgIpc) is 3.65. The minimum atomic E-state index is -4.87. The van der Waals surface area contributed by atoms with Crippen LogP contribution < -0.4 is 0 Å². The molecule has 10 nitrogen and oxygen atoms in total. The Morgan fingerprint density at radius 3 is 1.24 bits per heavy atom. The highest BCUT2D eigenvalue weighted by Gasteiger charge is 2.55. The summed E-state index contributed by atoms with van der Waals surface area (Å²) >= 11 is 0. The van der Waals surface area contributed by atoms with Crippen LogP contribution in [0.1, 0.15) is 107 Å². The van der Waals surface area contributed by atoms with Crippen molar-refractivity contribution in [1.82, 2.24) is 28.9 Å². The van der Waals surface area contributed by atoms with E-state index in [1.165, 1.54) is 24.3 Å². The van der Waals surface area contributed by atoms with Crippen LogP contribution in [0.15, 0.2) is 36.4 Å². The Morgan fingerprint density at radius 2 is 0.920 bits per heavy atom. The highest BCUT2D eigenvalue weighted by molar-refractivity contribution is 6.22. The van der Waals surface area contributed by atoms with Gasteiger partial charge in [-0.3, -0.25) is 29.0 Å². The average molecular weight is 689 g/mol. The molecule has 0 N–H and O–H groups in total. The van der Waals surface area contributed by atoms with Crippen molar-refractivity contribution in [3.63, 3.8) is 0 Å². The number of hydrogen-bond acceptors (Lipinski definition) is 6. The van der Waals surface area contributed by atoms with Gasteiger partial charge in [-0.05, 0) is 96.7 Å². The van der Waals surface area contributed by atoms with E-state index in [9.17, 15) is 19.2 Å². The monoisotopic (exact) mass is 688 g/mol. The minimum Gasteiger partial charge on any atom is -0.332 e. The quantitative estimate of drug-likeness (QED) is 0.184. The molecule has 2 aliphatic rings. The van der Waals surface area contributed by atoms with E-state index >= 15 is 13.2 Å². The molecule has 4 amide bonds. The van der Waals surface area contributed by atoms with Gasteiger partial charge in [0.1, 0.15) is 17.1 Å². The van der Waals surface area contributed by atoms with Crippen molar-refractivity contribution in [2.75, 3.05) is 13.1 Å². The number of aromatic nitrogens is 4. The maximum absolute atomic E-state index is 15.1. The summed E-state index contributed by atoms with van der Waals surface area (Å²) in [6.07, 6.45) is -3.99. The van der Waals surface area contributed by atoms with Gasteiger partial charge in [-0.2, -0.15) is 13.2 Å². The molecular weight excluding hydrogens is 649 g/mol. The maximum atomic E-state index is 15.1. The number of alkyl halides is 3. The first-order valence-electron chi connectivity index (χ1n) is 16.6. The van der Waals surface area contributed by atoms with Gasteiger partial charge in [0.25, 0.3) is 23.6 Å². The Hall–Kier alpha value is -5.07. The van der Waals surface area contributed by atoms with E-state index in [4.69, 9.17) is 0 Å². The fourth-order valence-corrected chi connectivity index (χ4v) is 7.18. The van der Waals surface area contributed by atoms with E-state index < -0.39 is 35.2 Å². The van der Waals surface area contributed by atoms with E-state index in [2.05, 4.69) is 9.97 Å². The highest BCUT2D eigenvalue weighted by Crippen LogP contribution is 2.47. The fraction of sp³-hybridized carbons (Fsp3) is 0.405. The van der Waals surface area contributed by atoms with Crippen LogP contribution in [0.25, 0.3) is 0 Å². The highest BCUT2D eigenvalue weighted by atomic mass is 19.4. The molecule has 0 bridgehead atoms. The van der Waals surface area contributed by atoms with E-state index in [0.717, 1.165) is 63.3 Å². The molecule has 0 radical (unpaired) electrons. The number of carbonyl (C=O) groups excluding carboxylic acids is 4. The largest absolute Gasteiger partial charge is 0.402 e. The number of halogens is 3. The van der Waals surface area contributed by atoms with E-state index in [-0.39, 0.29) is 46.5 Å². The molecule has 2 aliphatic heterocycles. The third-order valence-electron chi connectivity index (χ3n) is 10.5. The topological polar surface area (TPSA) is 110 Å². The number of carbonyl (C=O) groups is 4. The summed E-state index contributed by atoms with van der Waals surface area (Å²) in [4.78, 5) is 64.4. The fourth-order valence-electron chi connectivity index (χ4n) is 7.18. The second-order valence-electron chi connectivity index (χ2n) is 13.3. The van der Waals surface area contributed by atoms with Gasteiger partial charge < -0.3 is 9.13 Å². The van der Waals surface area contributed by atoms with E-state index in [1.807, 2.05) is 50.7 Å². The van der Waals surface area contributed by atoms with Crippen LogP contribution in [0, 0.1) is 41.5 Å². The van der Waals surface area contributed by atoms with Gasteiger partial charge >= 0.3 is 6.18 Å². The summed E-state index contributed by atoms with van der Waals surface area (Å²) in [7, 11) is 0. The summed E-state index contributed by atoms with van der Waals surface area (Å²) in [6, 6.07) is 7.19. The standard InChI is InChI=1S/C37H39F3N6O4/c1-20-22(3)43(24(5)41-20)14-8-16-45-32(47)28-12-10-26(18-30(28)34(45)49)36(7,37(38,39)40)27-11-13-29-31(19-27)35(50)46(33(29)48)17-9-15-44-23(4)21(2)42-25(44)6/h10-13,18-19H,8-9,14-17H2,1-7H3. The first-order chi connectivity index (χ1) is 23.5. The second kappa shape index (κ2) is 12.4. The molecule has 0 unspecified atom stereocenters. The van der Waals surface area contributed by atoms with Crippen LogP contribution in [0.3, 0.4) is 0 Å². The normalized spacial score (nSPS) is 14.8. The van der Waals surface area contributed by atoms with Gasteiger partial charge in [-0.25, -0.2) is 9.97 Å². The Morgan fingerprint density at radius 1 is 0.560 bits per heavy atom. The van der Waals surface area contributed by atoms with E-state index in [0.29, 0.717) is 25.9 Å². The number of rotatable bonds is 10. The van der Waals surface area contributed by atoms with Crippen LogP contribution in [0.4, 0.5) is 13.2 Å². The van der Waals surface area contributed by atoms with Crippen molar-refractivity contribution in [3.8, 4) is 0 Å². The summed E-state index contributed by atoms with van der Waals surface area (Å²) < 4.78 is 49.4. The number of fused-ring (bicyclic) bond motifs is 2.